The van der Waals surface area contributed by atoms with Crippen LogP contribution in [0.2, 0.25) is 5.02 Å². The van der Waals surface area contributed by atoms with Gasteiger partial charge in [-0.1, -0.05) is 23.7 Å². The van der Waals surface area contributed by atoms with Gasteiger partial charge in [-0.25, -0.2) is 0 Å². The van der Waals surface area contributed by atoms with E-state index in [4.69, 9.17) is 16.7 Å². The van der Waals surface area contributed by atoms with Gasteiger partial charge in [0.1, 0.15) is 0 Å². The molecule has 1 unspecified atom stereocenters. The summed E-state index contributed by atoms with van der Waals surface area (Å²) < 4.78 is 0. The van der Waals surface area contributed by atoms with Crippen LogP contribution in [0.3, 0.4) is 0 Å². The molecule has 0 aliphatic carbocycles. The third-order valence-electron chi connectivity index (χ3n) is 2.25. The number of carbonyl (C=O) groups is 1. The number of benzene rings is 1. The van der Waals surface area contributed by atoms with Gasteiger partial charge in [-0.15, -0.1) is 0 Å². The predicted molar refractivity (Wildman–Crippen MR) is 60.4 cm³/mol. The van der Waals surface area contributed by atoms with E-state index >= 15 is 0 Å². The van der Waals surface area contributed by atoms with Crippen molar-refractivity contribution in [2.24, 2.45) is 0 Å². The monoisotopic (exact) mass is 227 g/mol. The van der Waals surface area contributed by atoms with Crippen molar-refractivity contribution in [1.29, 1.82) is 0 Å². The molecule has 4 heteroatoms. The Kier molecular flexibility index (Phi) is 4.59. The van der Waals surface area contributed by atoms with Crippen LogP contribution in [0.1, 0.15) is 17.9 Å². The van der Waals surface area contributed by atoms with E-state index in [-0.39, 0.29) is 0 Å². The van der Waals surface area contributed by atoms with Gasteiger partial charge in [-0.2, -0.15) is 0 Å². The maximum Gasteiger partial charge on any atom is 0.311 e. The maximum atomic E-state index is 11.0. The van der Waals surface area contributed by atoms with E-state index in [1.54, 1.807) is 31.3 Å². The predicted octanol–water partition coefficient (Wildman–Crippen LogP) is 2.12. The van der Waals surface area contributed by atoms with Crippen LogP contribution in [0.25, 0.3) is 0 Å². The molecule has 2 N–H and O–H groups in total. The molecule has 0 aliphatic heterocycles. The molecule has 1 rings (SSSR count). The lowest BCUT2D eigenvalue weighted by atomic mass is 9.96. The summed E-state index contributed by atoms with van der Waals surface area (Å²) >= 11 is 5.74. The van der Waals surface area contributed by atoms with Crippen LogP contribution in [-0.4, -0.2) is 24.7 Å². The second-order valence-corrected chi connectivity index (χ2v) is 3.77. The molecule has 0 radical (unpaired) electrons. The fourth-order valence-corrected chi connectivity index (χ4v) is 1.54. The zero-order chi connectivity index (χ0) is 11.3. The van der Waals surface area contributed by atoms with Crippen molar-refractivity contribution in [3.05, 3.63) is 34.9 Å². The standard InChI is InChI=1S/C11H14ClNO2/c1-13-7-6-10(11(14)15)8-2-4-9(12)5-3-8/h2-5,10,13H,6-7H2,1H3,(H,14,15). The Morgan fingerprint density at radius 2 is 2.07 bits per heavy atom. The highest BCUT2D eigenvalue weighted by Gasteiger charge is 2.18. The molecule has 0 amide bonds. The quantitative estimate of drug-likeness (QED) is 0.810. The lowest BCUT2D eigenvalue weighted by Crippen LogP contribution is -2.18. The molecule has 0 aromatic heterocycles. The van der Waals surface area contributed by atoms with Crippen LogP contribution in [0, 0.1) is 0 Å². The number of hydrogen-bond acceptors (Lipinski definition) is 2. The summed E-state index contributed by atoms with van der Waals surface area (Å²) in [5.74, 6) is -1.26. The summed E-state index contributed by atoms with van der Waals surface area (Å²) in [5.41, 5.74) is 0.794. The number of carboxylic acid groups (broad SMARTS) is 1. The molecule has 0 saturated carbocycles. The highest BCUT2D eigenvalue weighted by Crippen LogP contribution is 2.21. The zero-order valence-corrected chi connectivity index (χ0v) is 9.29. The van der Waals surface area contributed by atoms with Gasteiger partial charge in [-0.3, -0.25) is 4.79 Å². The van der Waals surface area contributed by atoms with Gasteiger partial charge in [0.15, 0.2) is 0 Å². The molecule has 1 aromatic rings. The highest BCUT2D eigenvalue weighted by molar-refractivity contribution is 6.30. The summed E-state index contributed by atoms with van der Waals surface area (Å²) in [5, 5.41) is 12.6. The van der Waals surface area contributed by atoms with E-state index in [1.165, 1.54) is 0 Å². The lowest BCUT2D eigenvalue weighted by molar-refractivity contribution is -0.138. The fraction of sp³-hybridized carbons (Fsp3) is 0.364. The van der Waals surface area contributed by atoms with Gasteiger partial charge in [0.2, 0.25) is 0 Å². The van der Waals surface area contributed by atoms with Gasteiger partial charge in [0.25, 0.3) is 0 Å². The summed E-state index contributed by atoms with van der Waals surface area (Å²) in [7, 11) is 1.81. The third kappa shape index (κ3) is 3.53. The van der Waals surface area contributed by atoms with Crippen LogP contribution in [0.5, 0.6) is 0 Å². The maximum absolute atomic E-state index is 11.0. The minimum absolute atomic E-state index is 0.463. The largest absolute Gasteiger partial charge is 0.481 e. The number of carboxylic acids is 1. The van der Waals surface area contributed by atoms with E-state index in [0.717, 1.165) is 5.56 Å². The first kappa shape index (κ1) is 12.0. The Labute approximate surface area is 94.1 Å². The summed E-state index contributed by atoms with van der Waals surface area (Å²) in [4.78, 5) is 11.0. The number of nitrogens with one attached hydrogen (secondary N) is 1. The van der Waals surface area contributed by atoms with Gasteiger partial charge in [0, 0.05) is 5.02 Å². The van der Waals surface area contributed by atoms with Crippen molar-refractivity contribution < 1.29 is 9.90 Å². The molecule has 0 spiro atoms. The van der Waals surface area contributed by atoms with Crippen LogP contribution >= 0.6 is 11.6 Å². The van der Waals surface area contributed by atoms with E-state index in [0.29, 0.717) is 18.0 Å². The molecule has 0 fully saturated rings. The average molecular weight is 228 g/mol. The molecule has 0 saturated heterocycles. The zero-order valence-electron chi connectivity index (χ0n) is 8.53. The topological polar surface area (TPSA) is 49.3 Å². The molecular weight excluding hydrogens is 214 g/mol. The number of aliphatic carboxylic acids is 1. The molecular formula is C11H14ClNO2. The first-order chi connectivity index (χ1) is 7.15. The molecule has 0 heterocycles. The second-order valence-electron chi connectivity index (χ2n) is 3.33. The minimum atomic E-state index is -0.799. The summed E-state index contributed by atoms with van der Waals surface area (Å²) in [6.45, 7) is 0.680. The highest BCUT2D eigenvalue weighted by atomic mass is 35.5. The van der Waals surface area contributed by atoms with Crippen LogP contribution in [0.4, 0.5) is 0 Å². The summed E-state index contributed by atoms with van der Waals surface area (Å²) in [6.07, 6.45) is 0.577. The van der Waals surface area contributed by atoms with Gasteiger partial charge < -0.3 is 10.4 Å². The Morgan fingerprint density at radius 1 is 1.47 bits per heavy atom. The SMILES string of the molecule is CNCCC(C(=O)O)c1ccc(Cl)cc1. The molecule has 0 bridgehead atoms. The minimum Gasteiger partial charge on any atom is -0.481 e. The van der Waals surface area contributed by atoms with Gasteiger partial charge in [0.05, 0.1) is 5.92 Å². The molecule has 15 heavy (non-hydrogen) atoms. The number of halogens is 1. The van der Waals surface area contributed by atoms with Gasteiger partial charge in [-0.05, 0) is 37.7 Å². The fourth-order valence-electron chi connectivity index (χ4n) is 1.42. The number of rotatable bonds is 5. The van der Waals surface area contributed by atoms with Crippen molar-refractivity contribution in [2.45, 2.75) is 12.3 Å². The van der Waals surface area contributed by atoms with E-state index in [1.807, 2.05) is 0 Å². The lowest BCUT2D eigenvalue weighted by Gasteiger charge is -2.12. The van der Waals surface area contributed by atoms with Crippen LogP contribution in [0.15, 0.2) is 24.3 Å². The molecule has 1 atom stereocenters. The smallest absolute Gasteiger partial charge is 0.311 e. The van der Waals surface area contributed by atoms with E-state index < -0.39 is 11.9 Å². The molecule has 3 nitrogen and oxygen atoms in total. The normalized spacial score (nSPS) is 12.4. The van der Waals surface area contributed by atoms with Gasteiger partial charge >= 0.3 is 5.97 Å². The van der Waals surface area contributed by atoms with E-state index in [2.05, 4.69) is 5.32 Å². The average Bonchev–Trinajstić information content (AvgIpc) is 2.21. The second kappa shape index (κ2) is 5.73. The first-order valence-electron chi connectivity index (χ1n) is 4.78. The Bertz CT molecular complexity index is 324. The third-order valence-corrected chi connectivity index (χ3v) is 2.51. The Morgan fingerprint density at radius 3 is 2.53 bits per heavy atom. The molecule has 1 aromatic carbocycles. The van der Waals surface area contributed by atoms with Crippen molar-refractivity contribution >= 4 is 17.6 Å². The van der Waals surface area contributed by atoms with Crippen molar-refractivity contribution in [2.75, 3.05) is 13.6 Å². The molecule has 0 aliphatic rings. The van der Waals surface area contributed by atoms with Crippen LogP contribution in [-0.2, 0) is 4.79 Å². The Hall–Kier alpha value is -1.06. The van der Waals surface area contributed by atoms with Crippen molar-refractivity contribution in [3.63, 3.8) is 0 Å². The first-order valence-corrected chi connectivity index (χ1v) is 5.16. The molecule has 82 valence electrons. The van der Waals surface area contributed by atoms with E-state index in [9.17, 15) is 4.79 Å². The van der Waals surface area contributed by atoms with Crippen LogP contribution < -0.4 is 5.32 Å². The Balaban J connectivity index is 2.79. The summed E-state index contributed by atoms with van der Waals surface area (Å²) in [6, 6.07) is 6.95. The number of hydrogen-bond donors (Lipinski definition) is 2. The van der Waals surface area contributed by atoms with Crippen molar-refractivity contribution in [1.82, 2.24) is 5.32 Å². The van der Waals surface area contributed by atoms with Crippen molar-refractivity contribution in [3.8, 4) is 0 Å².